The molecule has 162 valence electrons. The molecule has 30 heavy (non-hydrogen) atoms. The number of anilines is 1. The van der Waals surface area contributed by atoms with Crippen LogP contribution in [0.4, 0.5) is 5.82 Å². The van der Waals surface area contributed by atoms with Crippen molar-refractivity contribution in [2.45, 2.75) is 33.3 Å². The molecule has 6 nitrogen and oxygen atoms in total. The number of piperidine rings is 1. The molecule has 9 heteroatoms. The molecule has 1 spiro atoms. The van der Waals surface area contributed by atoms with Crippen LogP contribution in [0, 0.1) is 18.3 Å². The molecule has 4 rings (SSSR count). The van der Waals surface area contributed by atoms with Gasteiger partial charge >= 0.3 is 0 Å². The van der Waals surface area contributed by atoms with Crippen molar-refractivity contribution in [1.29, 1.82) is 0 Å². The van der Waals surface area contributed by atoms with Crippen LogP contribution in [0.15, 0.2) is 18.2 Å². The third kappa shape index (κ3) is 3.81. The normalized spacial score (nSPS) is 22.6. The first-order chi connectivity index (χ1) is 14.2. The fourth-order valence-electron chi connectivity index (χ4n) is 4.84. The number of hydrogen-bond donors (Lipinski definition) is 1. The summed E-state index contributed by atoms with van der Waals surface area (Å²) in [4.78, 5) is 11.5. The first-order valence-electron chi connectivity index (χ1n) is 10.0. The van der Waals surface area contributed by atoms with Gasteiger partial charge in [0.25, 0.3) is 0 Å². The molecule has 0 unspecified atom stereocenters. The zero-order chi connectivity index (χ0) is 21.7. The van der Waals surface area contributed by atoms with Crippen LogP contribution in [0.3, 0.4) is 0 Å². The Hall–Kier alpha value is -1.41. The fourth-order valence-corrected chi connectivity index (χ4v) is 7.91. The van der Waals surface area contributed by atoms with Gasteiger partial charge < -0.3 is 10.0 Å². The van der Waals surface area contributed by atoms with Gasteiger partial charge in [0, 0.05) is 18.7 Å². The van der Waals surface area contributed by atoms with Gasteiger partial charge in [0.15, 0.2) is 15.7 Å². The predicted octanol–water partition coefficient (Wildman–Crippen LogP) is 3.90. The Labute approximate surface area is 187 Å². The number of aliphatic hydroxyl groups is 1. The summed E-state index contributed by atoms with van der Waals surface area (Å²) < 4.78 is 24.3. The third-order valence-corrected chi connectivity index (χ3v) is 9.43. The van der Waals surface area contributed by atoms with E-state index in [1.807, 2.05) is 19.9 Å². The van der Waals surface area contributed by atoms with E-state index in [0.717, 1.165) is 12.8 Å². The van der Waals surface area contributed by atoms with Crippen LogP contribution in [0.25, 0.3) is 11.3 Å². The summed E-state index contributed by atoms with van der Waals surface area (Å²) >= 11 is 12.5. The number of halogens is 2. The van der Waals surface area contributed by atoms with Gasteiger partial charge in [0.2, 0.25) is 0 Å². The van der Waals surface area contributed by atoms with Crippen molar-refractivity contribution >= 4 is 38.9 Å². The highest BCUT2D eigenvalue weighted by Crippen LogP contribution is 2.46. The molecule has 0 saturated carbocycles. The quantitative estimate of drug-likeness (QED) is 0.733. The molecule has 0 bridgehead atoms. The largest absolute Gasteiger partial charge is 0.390 e. The van der Waals surface area contributed by atoms with Gasteiger partial charge in [-0.05, 0) is 37.2 Å². The van der Waals surface area contributed by atoms with Crippen molar-refractivity contribution in [1.82, 2.24) is 9.97 Å². The van der Waals surface area contributed by atoms with E-state index >= 15 is 0 Å². The SMILES string of the molecule is Cc1nc(N2CCC3(CC2)CS(=O)(=O)C[C@H]3C)c(CO)nc1-c1cccc(Cl)c1Cl. The van der Waals surface area contributed by atoms with Crippen molar-refractivity contribution in [3.05, 3.63) is 39.6 Å². The second kappa shape index (κ2) is 7.93. The number of aryl methyl sites for hydroxylation is 1. The zero-order valence-electron chi connectivity index (χ0n) is 17.0. The number of nitrogens with zero attached hydrogens (tertiary/aromatic N) is 3. The number of rotatable bonds is 3. The lowest BCUT2D eigenvalue weighted by atomic mass is 9.72. The Kier molecular flexibility index (Phi) is 5.77. The smallest absolute Gasteiger partial charge is 0.153 e. The van der Waals surface area contributed by atoms with E-state index in [-0.39, 0.29) is 29.4 Å². The fraction of sp³-hybridized carbons (Fsp3) is 0.524. The summed E-state index contributed by atoms with van der Waals surface area (Å²) in [6, 6.07) is 5.35. The summed E-state index contributed by atoms with van der Waals surface area (Å²) in [6.45, 7) is 5.05. The lowest BCUT2D eigenvalue weighted by Crippen LogP contribution is -2.44. The highest BCUT2D eigenvalue weighted by atomic mass is 35.5. The first kappa shape index (κ1) is 21.8. The van der Waals surface area contributed by atoms with E-state index in [2.05, 4.69) is 9.88 Å². The van der Waals surface area contributed by atoms with Crippen LogP contribution in [-0.2, 0) is 16.4 Å². The van der Waals surface area contributed by atoms with Crippen LogP contribution in [0.5, 0.6) is 0 Å². The van der Waals surface area contributed by atoms with Crippen molar-refractivity contribution in [3.8, 4) is 11.3 Å². The second-order valence-electron chi connectivity index (χ2n) is 8.49. The summed E-state index contributed by atoms with van der Waals surface area (Å²) in [5.41, 5.74) is 2.31. The molecule has 2 fully saturated rings. The van der Waals surface area contributed by atoms with Gasteiger partial charge in [-0.25, -0.2) is 18.4 Å². The van der Waals surface area contributed by atoms with Gasteiger partial charge in [0.05, 0.1) is 39.5 Å². The highest BCUT2D eigenvalue weighted by molar-refractivity contribution is 7.91. The number of aromatic nitrogens is 2. The highest BCUT2D eigenvalue weighted by Gasteiger charge is 2.49. The van der Waals surface area contributed by atoms with Gasteiger partial charge in [-0.2, -0.15) is 0 Å². The van der Waals surface area contributed by atoms with Gasteiger partial charge in [-0.1, -0.05) is 42.3 Å². The van der Waals surface area contributed by atoms with E-state index in [1.54, 1.807) is 12.1 Å². The number of benzene rings is 1. The Morgan fingerprint density at radius 2 is 1.93 bits per heavy atom. The molecule has 2 aromatic rings. The van der Waals surface area contributed by atoms with Gasteiger partial charge in [-0.15, -0.1) is 0 Å². The minimum absolute atomic E-state index is 0.147. The molecule has 2 saturated heterocycles. The van der Waals surface area contributed by atoms with E-state index in [0.29, 0.717) is 51.6 Å². The molecule has 0 radical (unpaired) electrons. The summed E-state index contributed by atoms with van der Waals surface area (Å²) in [6.07, 6.45) is 1.59. The van der Waals surface area contributed by atoms with Crippen molar-refractivity contribution < 1.29 is 13.5 Å². The van der Waals surface area contributed by atoms with Crippen LogP contribution in [0.2, 0.25) is 10.0 Å². The Bertz CT molecular complexity index is 1080. The van der Waals surface area contributed by atoms with E-state index in [9.17, 15) is 13.5 Å². The van der Waals surface area contributed by atoms with Crippen LogP contribution < -0.4 is 4.90 Å². The molecule has 1 atom stereocenters. The Morgan fingerprint density at radius 1 is 1.23 bits per heavy atom. The average Bonchev–Trinajstić information content (AvgIpc) is 2.92. The Morgan fingerprint density at radius 3 is 2.53 bits per heavy atom. The molecule has 2 aliphatic rings. The summed E-state index contributed by atoms with van der Waals surface area (Å²) in [5.74, 6) is 1.38. The minimum Gasteiger partial charge on any atom is -0.390 e. The molecule has 0 aliphatic carbocycles. The van der Waals surface area contributed by atoms with E-state index in [4.69, 9.17) is 28.2 Å². The van der Waals surface area contributed by atoms with Crippen LogP contribution in [-0.4, -0.2) is 48.1 Å². The Balaban J connectivity index is 1.63. The maximum atomic E-state index is 12.1. The molecular formula is C21H25Cl2N3O3S. The number of aliphatic hydroxyl groups excluding tert-OH is 1. The zero-order valence-corrected chi connectivity index (χ0v) is 19.4. The van der Waals surface area contributed by atoms with Crippen molar-refractivity contribution in [3.63, 3.8) is 0 Å². The van der Waals surface area contributed by atoms with Crippen molar-refractivity contribution in [2.75, 3.05) is 29.5 Å². The molecule has 0 amide bonds. The first-order valence-corrected chi connectivity index (χ1v) is 12.6. The average molecular weight is 470 g/mol. The summed E-state index contributed by atoms with van der Waals surface area (Å²) in [7, 11) is -2.96. The lowest BCUT2D eigenvalue weighted by Gasteiger charge is -2.42. The molecule has 1 aromatic carbocycles. The number of hydrogen-bond acceptors (Lipinski definition) is 6. The maximum absolute atomic E-state index is 12.1. The number of sulfone groups is 1. The van der Waals surface area contributed by atoms with Gasteiger partial charge in [-0.3, -0.25) is 0 Å². The van der Waals surface area contributed by atoms with Crippen molar-refractivity contribution in [2.24, 2.45) is 11.3 Å². The summed E-state index contributed by atoms with van der Waals surface area (Å²) in [5, 5.41) is 10.8. The molecule has 3 heterocycles. The maximum Gasteiger partial charge on any atom is 0.153 e. The standard InChI is InChI=1S/C21H25Cl2N3O3S/c1-13-11-30(28,29)12-21(13)6-8-26(9-7-21)20-17(10-27)25-19(14(2)24-20)15-4-3-5-16(22)18(15)23/h3-5,13,27H,6-12H2,1-2H3/t13-/m1/s1. The van der Waals surface area contributed by atoms with Crippen LogP contribution >= 0.6 is 23.2 Å². The molecule has 2 aliphatic heterocycles. The van der Waals surface area contributed by atoms with Crippen LogP contribution in [0.1, 0.15) is 31.2 Å². The topological polar surface area (TPSA) is 83.4 Å². The molecular weight excluding hydrogens is 445 g/mol. The third-order valence-electron chi connectivity index (χ3n) is 6.59. The second-order valence-corrected chi connectivity index (χ2v) is 11.4. The van der Waals surface area contributed by atoms with E-state index < -0.39 is 9.84 Å². The molecule has 1 N–H and O–H groups in total. The lowest BCUT2D eigenvalue weighted by molar-refractivity contribution is 0.186. The molecule has 1 aromatic heterocycles. The predicted molar refractivity (Wildman–Crippen MR) is 120 cm³/mol. The van der Waals surface area contributed by atoms with E-state index in [1.165, 1.54) is 0 Å². The monoisotopic (exact) mass is 469 g/mol. The van der Waals surface area contributed by atoms with Gasteiger partial charge in [0.1, 0.15) is 5.69 Å². The minimum atomic E-state index is -2.96.